The Morgan fingerprint density at radius 2 is 2.12 bits per heavy atom. The number of rotatable bonds is 4. The fourth-order valence-electron chi connectivity index (χ4n) is 1.90. The number of cyclic esters (lactones) is 1. The number of carbonyl (C=O) groups is 1. The lowest BCUT2D eigenvalue weighted by atomic mass is 10.1. The molecule has 2 aliphatic heterocycles. The number of esters is 1. The molecule has 0 spiro atoms. The van der Waals surface area contributed by atoms with Crippen LogP contribution in [-0.2, 0) is 28.5 Å². The van der Waals surface area contributed by atoms with Crippen molar-refractivity contribution in [2.24, 2.45) is 0 Å². The van der Waals surface area contributed by atoms with Gasteiger partial charge in [-0.25, -0.2) is 4.79 Å². The predicted octanol–water partition coefficient (Wildman–Crippen LogP) is 0.0524. The van der Waals surface area contributed by atoms with Gasteiger partial charge in [0.25, 0.3) is 0 Å². The average Bonchev–Trinajstić information content (AvgIpc) is 2.64. The zero-order valence-electron chi connectivity index (χ0n) is 9.60. The van der Waals surface area contributed by atoms with Crippen LogP contribution in [0.1, 0.15) is 13.8 Å². The van der Waals surface area contributed by atoms with E-state index in [-0.39, 0.29) is 25.5 Å². The SMILES string of the molecule is COCOC[C@H]1OC(=O)[C@H]2OC(C)(C)O[C@H]21. The first kappa shape index (κ1) is 11.8. The standard InChI is InChI=1S/C10H16O6/c1-10(2)15-7-6(4-13-5-12-3)14-9(11)8(7)16-10/h6-8H,4-5H2,1-3H3/t6-,7+,8+/m1/s1. The Kier molecular flexibility index (Phi) is 3.16. The monoisotopic (exact) mass is 232 g/mol. The Hall–Kier alpha value is -0.690. The summed E-state index contributed by atoms with van der Waals surface area (Å²) in [7, 11) is 1.53. The molecule has 0 aromatic heterocycles. The number of hydrogen-bond donors (Lipinski definition) is 0. The van der Waals surface area contributed by atoms with Crippen LogP contribution in [-0.4, -0.2) is 50.6 Å². The second-order valence-electron chi connectivity index (χ2n) is 4.27. The Morgan fingerprint density at radius 3 is 2.81 bits per heavy atom. The molecule has 0 aliphatic carbocycles. The maximum absolute atomic E-state index is 11.5. The van der Waals surface area contributed by atoms with E-state index in [1.807, 2.05) is 0 Å². The van der Waals surface area contributed by atoms with Crippen molar-refractivity contribution in [1.29, 1.82) is 0 Å². The molecule has 0 radical (unpaired) electrons. The molecule has 0 unspecified atom stereocenters. The first-order valence-corrected chi connectivity index (χ1v) is 5.16. The highest BCUT2D eigenvalue weighted by atomic mass is 16.8. The second-order valence-corrected chi connectivity index (χ2v) is 4.27. The minimum absolute atomic E-state index is 0.162. The molecule has 2 fully saturated rings. The van der Waals surface area contributed by atoms with E-state index < -0.39 is 18.0 Å². The molecule has 0 aromatic rings. The second kappa shape index (κ2) is 4.29. The highest BCUT2D eigenvalue weighted by molar-refractivity contribution is 5.78. The molecule has 0 bridgehead atoms. The summed E-state index contributed by atoms with van der Waals surface area (Å²) in [6.07, 6.45) is -1.44. The first-order valence-electron chi connectivity index (χ1n) is 5.16. The van der Waals surface area contributed by atoms with Crippen molar-refractivity contribution in [3.63, 3.8) is 0 Å². The molecule has 2 rings (SSSR count). The molecule has 0 aromatic carbocycles. The van der Waals surface area contributed by atoms with E-state index >= 15 is 0 Å². The summed E-state index contributed by atoms with van der Waals surface area (Å²) in [5.74, 6) is -1.13. The predicted molar refractivity (Wildman–Crippen MR) is 51.5 cm³/mol. The van der Waals surface area contributed by atoms with Gasteiger partial charge in [-0.2, -0.15) is 0 Å². The molecule has 6 heteroatoms. The maximum atomic E-state index is 11.5. The summed E-state index contributed by atoms with van der Waals surface area (Å²) in [5.41, 5.74) is 0. The molecule has 16 heavy (non-hydrogen) atoms. The van der Waals surface area contributed by atoms with Gasteiger partial charge in [-0.05, 0) is 13.8 Å². The van der Waals surface area contributed by atoms with E-state index in [4.69, 9.17) is 23.7 Å². The molecule has 0 amide bonds. The quantitative estimate of drug-likeness (QED) is 0.388. The van der Waals surface area contributed by atoms with Crippen molar-refractivity contribution < 1.29 is 28.5 Å². The lowest BCUT2D eigenvalue weighted by Gasteiger charge is -2.21. The van der Waals surface area contributed by atoms with Crippen LogP contribution in [0, 0.1) is 0 Å². The Bertz CT molecular complexity index is 276. The summed E-state index contributed by atoms with van der Waals surface area (Å²) >= 11 is 0. The molecule has 6 nitrogen and oxygen atoms in total. The molecule has 3 atom stereocenters. The molecular formula is C10H16O6. The van der Waals surface area contributed by atoms with Gasteiger partial charge in [0.05, 0.1) is 6.61 Å². The topological polar surface area (TPSA) is 63.2 Å². The summed E-state index contributed by atoms with van der Waals surface area (Å²) in [4.78, 5) is 11.5. The third-order valence-electron chi connectivity index (χ3n) is 2.48. The summed E-state index contributed by atoms with van der Waals surface area (Å²) in [6, 6.07) is 0. The zero-order chi connectivity index (χ0) is 11.8. The summed E-state index contributed by atoms with van der Waals surface area (Å²) in [6.45, 7) is 3.95. The minimum Gasteiger partial charge on any atom is -0.455 e. The number of ether oxygens (including phenoxy) is 5. The molecule has 92 valence electrons. The van der Waals surface area contributed by atoms with Crippen molar-refractivity contribution in [2.45, 2.75) is 37.9 Å². The van der Waals surface area contributed by atoms with Crippen molar-refractivity contribution in [2.75, 3.05) is 20.5 Å². The van der Waals surface area contributed by atoms with Gasteiger partial charge in [0.15, 0.2) is 18.0 Å². The van der Waals surface area contributed by atoms with Crippen LogP contribution in [0.4, 0.5) is 0 Å². The van der Waals surface area contributed by atoms with Crippen LogP contribution in [0.2, 0.25) is 0 Å². The van der Waals surface area contributed by atoms with E-state index in [1.54, 1.807) is 13.8 Å². The van der Waals surface area contributed by atoms with Crippen LogP contribution < -0.4 is 0 Å². The highest BCUT2D eigenvalue weighted by Gasteiger charge is 2.55. The van der Waals surface area contributed by atoms with Crippen LogP contribution in [0.3, 0.4) is 0 Å². The van der Waals surface area contributed by atoms with E-state index in [0.717, 1.165) is 0 Å². The number of fused-ring (bicyclic) bond motifs is 1. The average molecular weight is 232 g/mol. The van der Waals surface area contributed by atoms with Gasteiger partial charge < -0.3 is 23.7 Å². The number of carbonyl (C=O) groups excluding carboxylic acids is 1. The Balaban J connectivity index is 1.94. The smallest absolute Gasteiger partial charge is 0.338 e. The maximum Gasteiger partial charge on any atom is 0.338 e. The van der Waals surface area contributed by atoms with E-state index in [0.29, 0.717) is 0 Å². The summed E-state index contributed by atoms with van der Waals surface area (Å²) < 4.78 is 26.0. The van der Waals surface area contributed by atoms with Crippen molar-refractivity contribution >= 4 is 5.97 Å². The first-order chi connectivity index (χ1) is 7.53. The third kappa shape index (κ3) is 2.20. The highest BCUT2D eigenvalue weighted by Crippen LogP contribution is 2.35. The normalized spacial score (nSPS) is 36.2. The van der Waals surface area contributed by atoms with Crippen molar-refractivity contribution in [1.82, 2.24) is 0 Å². The molecule has 0 saturated carbocycles. The van der Waals surface area contributed by atoms with Crippen molar-refractivity contribution in [3.05, 3.63) is 0 Å². The number of methoxy groups -OCH3 is 1. The molecular weight excluding hydrogens is 216 g/mol. The largest absolute Gasteiger partial charge is 0.455 e. The van der Waals surface area contributed by atoms with E-state index in [1.165, 1.54) is 7.11 Å². The van der Waals surface area contributed by atoms with Gasteiger partial charge in [-0.3, -0.25) is 0 Å². The van der Waals surface area contributed by atoms with Gasteiger partial charge in [0, 0.05) is 7.11 Å². The Morgan fingerprint density at radius 1 is 1.38 bits per heavy atom. The van der Waals surface area contributed by atoms with E-state index in [9.17, 15) is 4.79 Å². The minimum atomic E-state index is -0.742. The van der Waals surface area contributed by atoms with Crippen molar-refractivity contribution in [3.8, 4) is 0 Å². The van der Waals surface area contributed by atoms with E-state index in [2.05, 4.69) is 0 Å². The van der Waals surface area contributed by atoms with Crippen LogP contribution in [0.5, 0.6) is 0 Å². The molecule has 2 aliphatic rings. The van der Waals surface area contributed by atoms with Crippen LogP contribution in [0.25, 0.3) is 0 Å². The van der Waals surface area contributed by atoms with Gasteiger partial charge in [-0.1, -0.05) is 0 Å². The number of hydrogen-bond acceptors (Lipinski definition) is 6. The molecule has 0 N–H and O–H groups in total. The Labute approximate surface area is 93.7 Å². The van der Waals surface area contributed by atoms with Gasteiger partial charge in [-0.15, -0.1) is 0 Å². The van der Waals surface area contributed by atoms with Gasteiger partial charge in [0.2, 0.25) is 0 Å². The fraction of sp³-hybridized carbons (Fsp3) is 0.900. The lowest BCUT2D eigenvalue weighted by Crippen LogP contribution is -2.33. The van der Waals surface area contributed by atoms with Gasteiger partial charge in [0.1, 0.15) is 12.9 Å². The molecule has 2 saturated heterocycles. The lowest BCUT2D eigenvalue weighted by molar-refractivity contribution is -0.192. The van der Waals surface area contributed by atoms with Crippen LogP contribution in [0.15, 0.2) is 0 Å². The fourth-order valence-corrected chi connectivity index (χ4v) is 1.90. The summed E-state index contributed by atoms with van der Waals surface area (Å²) in [5, 5.41) is 0. The third-order valence-corrected chi connectivity index (χ3v) is 2.48. The molecule has 2 heterocycles. The zero-order valence-corrected chi connectivity index (χ0v) is 9.60. The van der Waals surface area contributed by atoms with Gasteiger partial charge >= 0.3 is 5.97 Å². The van der Waals surface area contributed by atoms with Crippen LogP contribution >= 0.6 is 0 Å².